The van der Waals surface area contributed by atoms with E-state index in [0.29, 0.717) is 5.41 Å². The Morgan fingerprint density at radius 3 is 2.73 bits per heavy atom. The number of rotatable bonds is 2. The van der Waals surface area contributed by atoms with Crippen LogP contribution in [0.15, 0.2) is 0 Å². The van der Waals surface area contributed by atoms with Gasteiger partial charge in [-0.2, -0.15) is 0 Å². The lowest BCUT2D eigenvalue weighted by atomic mass is 10.0. The zero-order valence-corrected chi connectivity index (χ0v) is 6.92. The molecule has 0 aromatic heterocycles. The van der Waals surface area contributed by atoms with Crippen LogP contribution in [-0.4, -0.2) is 35.7 Å². The number of likely N-dealkylation sites (tertiary alicyclic amines) is 1. The fraction of sp³-hybridized carbons (Fsp3) is 0.889. The van der Waals surface area contributed by atoms with Gasteiger partial charge in [0.2, 0.25) is 0 Å². The second-order valence-corrected chi connectivity index (χ2v) is 3.97. The molecule has 2 rings (SSSR count). The van der Waals surface area contributed by atoms with Crippen LogP contribution in [0.2, 0.25) is 0 Å². The first kappa shape index (κ1) is 7.56. The first-order chi connectivity index (χ1) is 5.27. The van der Waals surface area contributed by atoms with E-state index in [-0.39, 0.29) is 6.10 Å². The van der Waals surface area contributed by atoms with Gasteiger partial charge in [-0.15, -0.1) is 0 Å². The average molecular weight is 154 g/mol. The van der Waals surface area contributed by atoms with E-state index in [1.165, 1.54) is 12.8 Å². The zero-order chi connectivity index (χ0) is 7.90. The molecule has 2 nitrogen and oxygen atoms in total. The summed E-state index contributed by atoms with van der Waals surface area (Å²) in [6, 6.07) is 0. The summed E-state index contributed by atoms with van der Waals surface area (Å²) in [5, 5.41) is 9.65. The Kier molecular flexibility index (Phi) is 1.69. The molecule has 1 N–H and O–H groups in total. The van der Waals surface area contributed by atoms with Crippen molar-refractivity contribution in [3.05, 3.63) is 6.92 Å². The van der Waals surface area contributed by atoms with Gasteiger partial charge in [-0.05, 0) is 25.8 Å². The summed E-state index contributed by atoms with van der Waals surface area (Å²) >= 11 is 0. The minimum absolute atomic E-state index is 0.0472. The topological polar surface area (TPSA) is 23.5 Å². The van der Waals surface area contributed by atoms with Crippen molar-refractivity contribution >= 4 is 0 Å². The quantitative estimate of drug-likeness (QED) is 0.632. The van der Waals surface area contributed by atoms with E-state index in [1.807, 2.05) is 0 Å². The van der Waals surface area contributed by atoms with Gasteiger partial charge in [0.25, 0.3) is 0 Å². The summed E-state index contributed by atoms with van der Waals surface area (Å²) in [5.74, 6) is 0. The molecule has 2 heteroatoms. The summed E-state index contributed by atoms with van der Waals surface area (Å²) in [6.45, 7) is 6.87. The summed E-state index contributed by atoms with van der Waals surface area (Å²) < 4.78 is 0. The Morgan fingerprint density at radius 2 is 2.27 bits per heavy atom. The van der Waals surface area contributed by atoms with Crippen LogP contribution in [0, 0.1) is 12.3 Å². The maximum atomic E-state index is 9.65. The Labute approximate surface area is 68.2 Å². The van der Waals surface area contributed by atoms with E-state index < -0.39 is 0 Å². The van der Waals surface area contributed by atoms with E-state index in [0.717, 1.165) is 26.1 Å². The number of hydrogen-bond donors (Lipinski definition) is 1. The molecule has 1 aliphatic heterocycles. The first-order valence-corrected chi connectivity index (χ1v) is 4.46. The van der Waals surface area contributed by atoms with Crippen molar-refractivity contribution in [1.82, 2.24) is 4.90 Å². The molecular weight excluding hydrogens is 138 g/mol. The van der Waals surface area contributed by atoms with Crippen LogP contribution in [0.5, 0.6) is 0 Å². The number of nitrogens with zero attached hydrogens (tertiary/aromatic N) is 1. The van der Waals surface area contributed by atoms with Gasteiger partial charge >= 0.3 is 0 Å². The van der Waals surface area contributed by atoms with Gasteiger partial charge in [0.15, 0.2) is 0 Å². The molecule has 1 saturated heterocycles. The Morgan fingerprint density at radius 1 is 1.55 bits per heavy atom. The third-order valence-electron chi connectivity index (χ3n) is 3.04. The summed E-state index contributed by atoms with van der Waals surface area (Å²) in [6.07, 6.45) is 3.39. The Balaban J connectivity index is 1.91. The van der Waals surface area contributed by atoms with E-state index in [9.17, 15) is 5.11 Å². The van der Waals surface area contributed by atoms with Gasteiger partial charge in [0.1, 0.15) is 0 Å². The van der Waals surface area contributed by atoms with Crippen molar-refractivity contribution in [3.63, 3.8) is 0 Å². The van der Waals surface area contributed by atoms with E-state index >= 15 is 0 Å². The molecule has 1 atom stereocenters. The number of aliphatic hydroxyl groups is 1. The van der Waals surface area contributed by atoms with Gasteiger partial charge in [0, 0.05) is 18.5 Å². The van der Waals surface area contributed by atoms with Gasteiger partial charge in [-0.1, -0.05) is 6.92 Å². The minimum Gasteiger partial charge on any atom is -0.391 e. The maximum Gasteiger partial charge on any atom is 0.0735 e. The molecule has 0 aromatic rings. The third-order valence-corrected chi connectivity index (χ3v) is 3.04. The molecular formula is C9H16NO. The predicted octanol–water partition coefficient (Wildman–Crippen LogP) is 0.667. The highest BCUT2D eigenvalue weighted by atomic mass is 16.3. The second-order valence-electron chi connectivity index (χ2n) is 3.97. The third kappa shape index (κ3) is 1.18. The van der Waals surface area contributed by atoms with Crippen molar-refractivity contribution < 1.29 is 5.11 Å². The van der Waals surface area contributed by atoms with Gasteiger partial charge in [-0.3, -0.25) is 0 Å². The van der Waals surface area contributed by atoms with Crippen LogP contribution in [0.25, 0.3) is 0 Å². The van der Waals surface area contributed by atoms with Crippen molar-refractivity contribution in [2.45, 2.75) is 25.4 Å². The van der Waals surface area contributed by atoms with Crippen LogP contribution in [0.3, 0.4) is 0 Å². The lowest BCUT2D eigenvalue weighted by molar-refractivity contribution is 0.131. The molecule has 0 aromatic carbocycles. The minimum atomic E-state index is -0.0472. The molecule has 2 fully saturated rings. The van der Waals surface area contributed by atoms with Crippen LogP contribution >= 0.6 is 0 Å². The number of hydrogen-bond acceptors (Lipinski definition) is 2. The largest absolute Gasteiger partial charge is 0.391 e. The first-order valence-electron chi connectivity index (χ1n) is 4.46. The van der Waals surface area contributed by atoms with Crippen molar-refractivity contribution in [2.75, 3.05) is 19.6 Å². The molecule has 11 heavy (non-hydrogen) atoms. The molecule has 1 heterocycles. The SMILES string of the molecule is [CH2]CCN1CC(O)C2(CC2)C1. The predicted molar refractivity (Wildman–Crippen MR) is 44.1 cm³/mol. The highest BCUT2D eigenvalue weighted by Crippen LogP contribution is 2.52. The zero-order valence-electron chi connectivity index (χ0n) is 6.92. The molecule has 0 bridgehead atoms. The van der Waals surface area contributed by atoms with E-state index in [2.05, 4.69) is 11.8 Å². The van der Waals surface area contributed by atoms with Gasteiger partial charge in [-0.25, -0.2) is 0 Å². The van der Waals surface area contributed by atoms with E-state index in [4.69, 9.17) is 0 Å². The number of β-amino-alcohol motifs (C(OH)–C–C–N with tert-alkyl or cyclic N) is 1. The summed E-state index contributed by atoms with van der Waals surface area (Å²) in [7, 11) is 0. The van der Waals surface area contributed by atoms with Gasteiger partial charge in [0.05, 0.1) is 6.10 Å². The van der Waals surface area contributed by atoms with Crippen LogP contribution < -0.4 is 0 Å². The monoisotopic (exact) mass is 154 g/mol. The summed E-state index contributed by atoms with van der Waals surface area (Å²) in [5.41, 5.74) is 0.329. The van der Waals surface area contributed by atoms with Crippen molar-refractivity contribution in [1.29, 1.82) is 0 Å². The normalized spacial score (nSPS) is 34.9. The maximum absolute atomic E-state index is 9.65. The summed E-state index contributed by atoms with van der Waals surface area (Å²) in [4.78, 5) is 2.34. The molecule has 1 unspecified atom stereocenters. The average Bonchev–Trinajstić information content (AvgIpc) is 2.63. The highest BCUT2D eigenvalue weighted by molar-refractivity contribution is 5.06. The van der Waals surface area contributed by atoms with Crippen LogP contribution in [-0.2, 0) is 0 Å². The Bertz CT molecular complexity index is 154. The molecule has 0 amide bonds. The molecule has 1 radical (unpaired) electrons. The van der Waals surface area contributed by atoms with Crippen LogP contribution in [0.4, 0.5) is 0 Å². The standard InChI is InChI=1S/C9H16NO/c1-2-5-10-6-8(11)9(7-10)3-4-9/h8,11H,1-7H2. The highest BCUT2D eigenvalue weighted by Gasteiger charge is 2.54. The molecule has 63 valence electrons. The lowest BCUT2D eigenvalue weighted by Gasteiger charge is -2.12. The molecule has 2 aliphatic rings. The molecule has 1 spiro atoms. The Hall–Kier alpha value is -0.0800. The molecule has 1 aliphatic carbocycles. The fourth-order valence-corrected chi connectivity index (χ4v) is 2.10. The van der Waals surface area contributed by atoms with Crippen molar-refractivity contribution in [3.8, 4) is 0 Å². The van der Waals surface area contributed by atoms with E-state index in [1.54, 1.807) is 0 Å². The smallest absolute Gasteiger partial charge is 0.0735 e. The van der Waals surface area contributed by atoms with Crippen LogP contribution in [0.1, 0.15) is 19.3 Å². The number of aliphatic hydroxyl groups excluding tert-OH is 1. The van der Waals surface area contributed by atoms with Crippen molar-refractivity contribution in [2.24, 2.45) is 5.41 Å². The second kappa shape index (κ2) is 2.46. The van der Waals surface area contributed by atoms with Gasteiger partial charge < -0.3 is 10.0 Å². The lowest BCUT2D eigenvalue weighted by Crippen LogP contribution is -2.22. The fourth-order valence-electron chi connectivity index (χ4n) is 2.10. The molecule has 1 saturated carbocycles.